The summed E-state index contributed by atoms with van der Waals surface area (Å²) in [4.78, 5) is 8.96. The van der Waals surface area contributed by atoms with Gasteiger partial charge in [0.2, 0.25) is 0 Å². The van der Waals surface area contributed by atoms with Crippen LogP contribution in [0, 0.1) is 0 Å². The molecular formula is C16H15N3O. The minimum absolute atomic E-state index is 0.645. The van der Waals surface area contributed by atoms with Crippen molar-refractivity contribution in [2.45, 2.75) is 6.92 Å². The Labute approximate surface area is 117 Å². The Balaban J connectivity index is 1.89. The van der Waals surface area contributed by atoms with E-state index in [9.17, 15) is 0 Å². The molecule has 100 valence electrons. The second-order valence-corrected chi connectivity index (χ2v) is 4.33. The van der Waals surface area contributed by atoms with E-state index in [-0.39, 0.29) is 0 Å². The van der Waals surface area contributed by atoms with Crippen LogP contribution in [-0.4, -0.2) is 16.6 Å². The van der Waals surface area contributed by atoms with E-state index in [1.165, 1.54) is 0 Å². The normalized spacial score (nSPS) is 10.4. The van der Waals surface area contributed by atoms with Gasteiger partial charge in [-0.1, -0.05) is 18.2 Å². The lowest BCUT2D eigenvalue weighted by molar-refractivity contribution is 0.340. The molecule has 0 aliphatic heterocycles. The molecule has 0 bridgehead atoms. The van der Waals surface area contributed by atoms with Crippen molar-refractivity contribution in [3.05, 3.63) is 54.7 Å². The van der Waals surface area contributed by atoms with Crippen LogP contribution in [0.2, 0.25) is 0 Å². The first-order chi connectivity index (χ1) is 9.85. The number of nitrogens with zero attached hydrogens (tertiary/aromatic N) is 2. The van der Waals surface area contributed by atoms with Crippen LogP contribution in [0.15, 0.2) is 54.7 Å². The molecule has 0 radical (unpaired) electrons. The number of hydrogen-bond donors (Lipinski definition) is 1. The first kappa shape index (κ1) is 12.4. The largest absolute Gasteiger partial charge is 0.494 e. The number of fused-ring (bicyclic) bond motifs is 1. The average Bonchev–Trinajstić information content (AvgIpc) is 2.49. The SMILES string of the molecule is CCOc1ccc2nc(Nc3ccccc3)cnc2c1. The molecule has 0 saturated heterocycles. The average molecular weight is 265 g/mol. The van der Waals surface area contributed by atoms with Crippen LogP contribution in [0.25, 0.3) is 11.0 Å². The number of ether oxygens (including phenoxy) is 1. The molecule has 0 spiro atoms. The number of rotatable bonds is 4. The van der Waals surface area contributed by atoms with Gasteiger partial charge in [-0.25, -0.2) is 4.98 Å². The van der Waals surface area contributed by atoms with Crippen molar-refractivity contribution >= 4 is 22.5 Å². The molecule has 0 fully saturated rings. The van der Waals surface area contributed by atoms with Crippen molar-refractivity contribution in [2.24, 2.45) is 0 Å². The Morgan fingerprint density at radius 2 is 1.90 bits per heavy atom. The topological polar surface area (TPSA) is 47.0 Å². The molecule has 0 amide bonds. The summed E-state index contributed by atoms with van der Waals surface area (Å²) >= 11 is 0. The molecule has 0 atom stereocenters. The van der Waals surface area contributed by atoms with Crippen LogP contribution in [0.1, 0.15) is 6.92 Å². The van der Waals surface area contributed by atoms with Gasteiger partial charge in [-0.3, -0.25) is 4.98 Å². The first-order valence-corrected chi connectivity index (χ1v) is 6.57. The zero-order valence-electron chi connectivity index (χ0n) is 11.2. The number of benzene rings is 2. The van der Waals surface area contributed by atoms with Crippen molar-refractivity contribution in [3.63, 3.8) is 0 Å². The van der Waals surface area contributed by atoms with Crippen molar-refractivity contribution < 1.29 is 4.74 Å². The second-order valence-electron chi connectivity index (χ2n) is 4.33. The lowest BCUT2D eigenvalue weighted by Crippen LogP contribution is -1.96. The minimum atomic E-state index is 0.645. The number of anilines is 2. The van der Waals surface area contributed by atoms with E-state index in [4.69, 9.17) is 4.74 Å². The summed E-state index contributed by atoms with van der Waals surface area (Å²) in [5, 5.41) is 3.23. The van der Waals surface area contributed by atoms with Crippen LogP contribution < -0.4 is 10.1 Å². The summed E-state index contributed by atoms with van der Waals surface area (Å²) in [5.74, 6) is 1.55. The molecule has 20 heavy (non-hydrogen) atoms. The van der Waals surface area contributed by atoms with Gasteiger partial charge in [0.15, 0.2) is 0 Å². The molecule has 0 saturated carbocycles. The van der Waals surface area contributed by atoms with Gasteiger partial charge >= 0.3 is 0 Å². The minimum Gasteiger partial charge on any atom is -0.494 e. The molecule has 0 aliphatic carbocycles. The predicted molar refractivity (Wildman–Crippen MR) is 80.4 cm³/mol. The summed E-state index contributed by atoms with van der Waals surface area (Å²) in [6.45, 7) is 2.61. The van der Waals surface area contributed by atoms with E-state index < -0.39 is 0 Å². The Kier molecular flexibility index (Phi) is 3.46. The van der Waals surface area contributed by atoms with E-state index >= 15 is 0 Å². The maximum atomic E-state index is 5.46. The summed E-state index contributed by atoms with van der Waals surface area (Å²) in [5.41, 5.74) is 2.66. The Bertz CT molecular complexity index is 713. The number of hydrogen-bond acceptors (Lipinski definition) is 4. The summed E-state index contributed by atoms with van der Waals surface area (Å²) in [7, 11) is 0. The zero-order valence-corrected chi connectivity index (χ0v) is 11.2. The maximum Gasteiger partial charge on any atom is 0.149 e. The Hall–Kier alpha value is -2.62. The van der Waals surface area contributed by atoms with Gasteiger partial charge in [0.05, 0.1) is 23.8 Å². The molecular weight excluding hydrogens is 250 g/mol. The van der Waals surface area contributed by atoms with Crippen LogP contribution in [0.5, 0.6) is 5.75 Å². The first-order valence-electron chi connectivity index (χ1n) is 6.57. The molecule has 3 rings (SSSR count). The third-order valence-electron chi connectivity index (χ3n) is 2.87. The van der Waals surface area contributed by atoms with Gasteiger partial charge in [-0.05, 0) is 31.2 Å². The highest BCUT2D eigenvalue weighted by Crippen LogP contribution is 2.20. The molecule has 1 heterocycles. The second kappa shape index (κ2) is 5.57. The fraction of sp³-hybridized carbons (Fsp3) is 0.125. The maximum absolute atomic E-state index is 5.46. The molecule has 1 aromatic heterocycles. The summed E-state index contributed by atoms with van der Waals surface area (Å²) < 4.78 is 5.46. The van der Waals surface area contributed by atoms with Gasteiger partial charge in [0, 0.05) is 11.8 Å². The molecule has 3 aromatic rings. The van der Waals surface area contributed by atoms with E-state index in [0.717, 1.165) is 28.3 Å². The Morgan fingerprint density at radius 1 is 1.05 bits per heavy atom. The monoisotopic (exact) mass is 265 g/mol. The molecule has 0 aliphatic rings. The van der Waals surface area contributed by atoms with Gasteiger partial charge in [-0.2, -0.15) is 0 Å². The Morgan fingerprint density at radius 3 is 2.70 bits per heavy atom. The van der Waals surface area contributed by atoms with E-state index in [2.05, 4.69) is 15.3 Å². The highest BCUT2D eigenvalue weighted by Gasteiger charge is 2.02. The predicted octanol–water partition coefficient (Wildman–Crippen LogP) is 3.77. The van der Waals surface area contributed by atoms with Gasteiger partial charge in [0.1, 0.15) is 11.6 Å². The summed E-state index contributed by atoms with van der Waals surface area (Å²) in [6.07, 6.45) is 1.73. The fourth-order valence-corrected chi connectivity index (χ4v) is 1.98. The van der Waals surface area contributed by atoms with Crippen LogP contribution >= 0.6 is 0 Å². The molecule has 4 heteroatoms. The summed E-state index contributed by atoms with van der Waals surface area (Å²) in [6, 6.07) is 15.6. The van der Waals surface area contributed by atoms with Crippen molar-refractivity contribution in [1.29, 1.82) is 0 Å². The van der Waals surface area contributed by atoms with Crippen molar-refractivity contribution in [1.82, 2.24) is 9.97 Å². The third-order valence-corrected chi connectivity index (χ3v) is 2.87. The number of aromatic nitrogens is 2. The van der Waals surface area contributed by atoms with Crippen LogP contribution in [0.4, 0.5) is 11.5 Å². The van der Waals surface area contributed by atoms with Crippen molar-refractivity contribution in [3.8, 4) is 5.75 Å². The van der Waals surface area contributed by atoms with E-state index in [1.54, 1.807) is 6.20 Å². The lowest BCUT2D eigenvalue weighted by Gasteiger charge is -2.07. The van der Waals surface area contributed by atoms with Crippen molar-refractivity contribution in [2.75, 3.05) is 11.9 Å². The number of para-hydroxylation sites is 1. The highest BCUT2D eigenvalue weighted by atomic mass is 16.5. The standard InChI is InChI=1S/C16H15N3O/c1-2-20-13-8-9-14-15(10-13)17-11-16(19-14)18-12-6-4-3-5-7-12/h3-11H,2H2,1H3,(H,18,19). The van der Waals surface area contributed by atoms with Gasteiger partial charge in [-0.15, -0.1) is 0 Å². The molecule has 0 unspecified atom stereocenters. The highest BCUT2D eigenvalue weighted by molar-refractivity contribution is 5.77. The zero-order chi connectivity index (χ0) is 13.8. The molecule has 4 nitrogen and oxygen atoms in total. The quantitative estimate of drug-likeness (QED) is 0.780. The number of nitrogens with one attached hydrogen (secondary N) is 1. The van der Waals surface area contributed by atoms with Gasteiger partial charge < -0.3 is 10.1 Å². The molecule has 2 aromatic carbocycles. The third kappa shape index (κ3) is 2.69. The molecule has 1 N–H and O–H groups in total. The van der Waals surface area contributed by atoms with Crippen LogP contribution in [-0.2, 0) is 0 Å². The van der Waals surface area contributed by atoms with Gasteiger partial charge in [0.25, 0.3) is 0 Å². The van der Waals surface area contributed by atoms with E-state index in [0.29, 0.717) is 6.61 Å². The van der Waals surface area contributed by atoms with E-state index in [1.807, 2.05) is 55.5 Å². The fourth-order valence-electron chi connectivity index (χ4n) is 1.98. The lowest BCUT2D eigenvalue weighted by atomic mass is 10.3. The van der Waals surface area contributed by atoms with Crippen LogP contribution in [0.3, 0.4) is 0 Å². The smallest absolute Gasteiger partial charge is 0.149 e.